The summed E-state index contributed by atoms with van der Waals surface area (Å²) >= 11 is 0. The van der Waals surface area contributed by atoms with Gasteiger partial charge in [0, 0.05) is 18.0 Å². The molecule has 3 N–H and O–H groups in total. The predicted octanol–water partition coefficient (Wildman–Crippen LogP) is 1.94. The lowest BCUT2D eigenvalue weighted by Crippen LogP contribution is -2.14. The largest absolute Gasteiger partial charge is 0.398 e. The van der Waals surface area contributed by atoms with Gasteiger partial charge in [0.05, 0.1) is 13.0 Å². The Labute approximate surface area is 95.8 Å². The molecule has 1 amide bonds. The summed E-state index contributed by atoms with van der Waals surface area (Å²) in [6.07, 6.45) is 0.363. The highest BCUT2D eigenvalue weighted by molar-refractivity contribution is 5.91. The number of carbonyl (C=O) groups is 1. The van der Waals surface area contributed by atoms with Crippen molar-refractivity contribution in [1.29, 1.82) is 0 Å². The average molecular weight is 222 g/mol. The van der Waals surface area contributed by atoms with Gasteiger partial charge in [-0.05, 0) is 31.5 Å². The van der Waals surface area contributed by atoms with Gasteiger partial charge in [0.15, 0.2) is 0 Å². The Morgan fingerprint density at radius 2 is 2.25 bits per heavy atom. The minimum Gasteiger partial charge on any atom is -0.398 e. The second-order valence-corrected chi connectivity index (χ2v) is 3.57. The topological polar surface area (TPSA) is 64.3 Å². The molecule has 1 aromatic carbocycles. The third kappa shape index (κ3) is 3.90. The maximum atomic E-state index is 11.5. The summed E-state index contributed by atoms with van der Waals surface area (Å²) < 4.78 is 5.10. The summed E-state index contributed by atoms with van der Waals surface area (Å²) in [5.74, 6) is -0.0586. The number of benzene rings is 1. The van der Waals surface area contributed by atoms with Crippen molar-refractivity contribution >= 4 is 17.3 Å². The van der Waals surface area contributed by atoms with Crippen LogP contribution >= 0.6 is 0 Å². The third-order valence-corrected chi connectivity index (χ3v) is 2.24. The molecule has 0 spiro atoms. The first-order chi connectivity index (χ1) is 7.63. The van der Waals surface area contributed by atoms with Crippen LogP contribution in [-0.4, -0.2) is 19.1 Å². The van der Waals surface area contributed by atoms with Gasteiger partial charge in [0.2, 0.25) is 5.91 Å². The number of aryl methyl sites for hydroxylation is 1. The molecule has 0 aromatic heterocycles. The van der Waals surface area contributed by atoms with E-state index in [4.69, 9.17) is 10.5 Å². The zero-order chi connectivity index (χ0) is 12.0. The summed E-state index contributed by atoms with van der Waals surface area (Å²) in [5.41, 5.74) is 8.16. The van der Waals surface area contributed by atoms with E-state index in [1.54, 1.807) is 6.07 Å². The number of ether oxygens (including phenoxy) is 1. The number of rotatable bonds is 5. The van der Waals surface area contributed by atoms with Crippen LogP contribution in [0.2, 0.25) is 0 Å². The molecule has 0 fully saturated rings. The van der Waals surface area contributed by atoms with Crippen LogP contribution in [0.15, 0.2) is 18.2 Å². The van der Waals surface area contributed by atoms with Crippen LogP contribution in [0.1, 0.15) is 18.9 Å². The highest BCUT2D eigenvalue weighted by atomic mass is 16.5. The Bertz CT molecular complexity index is 364. The van der Waals surface area contributed by atoms with Crippen LogP contribution in [0.5, 0.6) is 0 Å². The Morgan fingerprint density at radius 1 is 1.50 bits per heavy atom. The second kappa shape index (κ2) is 6.12. The summed E-state index contributed by atoms with van der Waals surface area (Å²) in [6, 6.07) is 5.48. The van der Waals surface area contributed by atoms with Gasteiger partial charge in [-0.1, -0.05) is 6.07 Å². The molecule has 0 unspecified atom stereocenters. The monoisotopic (exact) mass is 222 g/mol. The van der Waals surface area contributed by atoms with Gasteiger partial charge in [0.1, 0.15) is 0 Å². The summed E-state index contributed by atoms with van der Waals surface area (Å²) in [4.78, 5) is 11.5. The summed E-state index contributed by atoms with van der Waals surface area (Å²) in [6.45, 7) is 4.91. The molecule has 0 saturated heterocycles. The Morgan fingerprint density at radius 3 is 2.88 bits per heavy atom. The molecular formula is C12H18N2O2. The van der Waals surface area contributed by atoms with Crippen molar-refractivity contribution in [2.45, 2.75) is 20.3 Å². The van der Waals surface area contributed by atoms with Crippen LogP contribution in [-0.2, 0) is 9.53 Å². The van der Waals surface area contributed by atoms with Crippen LogP contribution < -0.4 is 11.1 Å². The number of carbonyl (C=O) groups excluding carboxylic acids is 1. The fraction of sp³-hybridized carbons (Fsp3) is 0.417. The molecule has 0 heterocycles. The molecule has 0 atom stereocenters. The van der Waals surface area contributed by atoms with Gasteiger partial charge in [-0.25, -0.2) is 0 Å². The van der Waals surface area contributed by atoms with Gasteiger partial charge in [0.25, 0.3) is 0 Å². The molecule has 0 aliphatic carbocycles. The number of hydrogen-bond donors (Lipinski definition) is 2. The predicted molar refractivity (Wildman–Crippen MR) is 65.3 cm³/mol. The van der Waals surface area contributed by atoms with E-state index in [0.717, 1.165) is 11.3 Å². The molecule has 0 aliphatic rings. The smallest absolute Gasteiger partial charge is 0.226 e. The quantitative estimate of drug-likeness (QED) is 0.591. The van der Waals surface area contributed by atoms with Gasteiger partial charge in [-0.15, -0.1) is 0 Å². The first-order valence-corrected chi connectivity index (χ1v) is 5.37. The zero-order valence-electron chi connectivity index (χ0n) is 9.75. The Kier molecular flexibility index (Phi) is 4.79. The van der Waals surface area contributed by atoms with E-state index in [9.17, 15) is 4.79 Å². The number of nitrogen functional groups attached to an aromatic ring is 1. The fourth-order valence-electron chi connectivity index (χ4n) is 1.25. The van der Waals surface area contributed by atoms with Crippen molar-refractivity contribution in [1.82, 2.24) is 0 Å². The van der Waals surface area contributed by atoms with E-state index in [2.05, 4.69) is 5.32 Å². The molecule has 1 rings (SSSR count). The standard InChI is InChI=1S/C12H18N2O2/c1-3-16-7-6-12(15)14-10-5-4-9(2)11(13)8-10/h4-5,8H,3,6-7,13H2,1-2H3,(H,14,15). The maximum Gasteiger partial charge on any atom is 0.226 e. The van der Waals surface area contributed by atoms with E-state index in [-0.39, 0.29) is 5.91 Å². The maximum absolute atomic E-state index is 11.5. The van der Waals surface area contributed by atoms with E-state index >= 15 is 0 Å². The van der Waals surface area contributed by atoms with Gasteiger partial charge in [-0.3, -0.25) is 4.79 Å². The summed E-state index contributed by atoms with van der Waals surface area (Å²) in [7, 11) is 0. The van der Waals surface area contributed by atoms with Crippen molar-refractivity contribution in [3.8, 4) is 0 Å². The lowest BCUT2D eigenvalue weighted by molar-refractivity contribution is -0.117. The molecule has 0 bridgehead atoms. The highest BCUT2D eigenvalue weighted by Crippen LogP contribution is 2.16. The molecule has 0 radical (unpaired) electrons. The SMILES string of the molecule is CCOCCC(=O)Nc1ccc(C)c(N)c1. The van der Waals surface area contributed by atoms with E-state index in [1.807, 2.05) is 26.0 Å². The van der Waals surface area contributed by atoms with Crippen LogP contribution in [0.3, 0.4) is 0 Å². The van der Waals surface area contributed by atoms with Crippen molar-refractivity contribution < 1.29 is 9.53 Å². The number of hydrogen-bond acceptors (Lipinski definition) is 3. The Hall–Kier alpha value is -1.55. The van der Waals surface area contributed by atoms with Gasteiger partial charge >= 0.3 is 0 Å². The van der Waals surface area contributed by atoms with E-state index < -0.39 is 0 Å². The van der Waals surface area contributed by atoms with Crippen molar-refractivity contribution in [3.05, 3.63) is 23.8 Å². The normalized spacial score (nSPS) is 10.1. The lowest BCUT2D eigenvalue weighted by Gasteiger charge is -2.07. The number of amides is 1. The lowest BCUT2D eigenvalue weighted by atomic mass is 10.2. The van der Waals surface area contributed by atoms with Crippen molar-refractivity contribution in [2.24, 2.45) is 0 Å². The minimum atomic E-state index is -0.0586. The molecule has 4 nitrogen and oxygen atoms in total. The average Bonchev–Trinajstić information content (AvgIpc) is 2.24. The molecule has 0 aliphatic heterocycles. The van der Waals surface area contributed by atoms with Gasteiger partial charge < -0.3 is 15.8 Å². The van der Waals surface area contributed by atoms with Crippen LogP contribution in [0, 0.1) is 6.92 Å². The second-order valence-electron chi connectivity index (χ2n) is 3.57. The molecule has 4 heteroatoms. The minimum absolute atomic E-state index is 0.0586. The Balaban J connectivity index is 2.46. The molecule has 88 valence electrons. The van der Waals surface area contributed by atoms with E-state index in [1.165, 1.54) is 0 Å². The molecule has 16 heavy (non-hydrogen) atoms. The molecular weight excluding hydrogens is 204 g/mol. The number of nitrogens with one attached hydrogen (secondary N) is 1. The third-order valence-electron chi connectivity index (χ3n) is 2.24. The van der Waals surface area contributed by atoms with Gasteiger partial charge in [-0.2, -0.15) is 0 Å². The fourth-order valence-corrected chi connectivity index (χ4v) is 1.25. The first-order valence-electron chi connectivity index (χ1n) is 5.37. The van der Waals surface area contributed by atoms with Crippen molar-refractivity contribution in [3.63, 3.8) is 0 Å². The number of anilines is 2. The zero-order valence-corrected chi connectivity index (χ0v) is 9.75. The number of nitrogens with two attached hydrogens (primary N) is 1. The molecule has 1 aromatic rings. The van der Waals surface area contributed by atoms with Crippen LogP contribution in [0.4, 0.5) is 11.4 Å². The molecule has 0 saturated carbocycles. The van der Waals surface area contributed by atoms with Crippen molar-refractivity contribution in [2.75, 3.05) is 24.3 Å². The van der Waals surface area contributed by atoms with E-state index in [0.29, 0.717) is 25.3 Å². The summed E-state index contributed by atoms with van der Waals surface area (Å²) in [5, 5.41) is 2.77. The first kappa shape index (κ1) is 12.5. The highest BCUT2D eigenvalue weighted by Gasteiger charge is 2.03. The van der Waals surface area contributed by atoms with Crippen LogP contribution in [0.25, 0.3) is 0 Å².